The van der Waals surface area contributed by atoms with Crippen LogP contribution in [0.5, 0.6) is 0 Å². The van der Waals surface area contributed by atoms with Crippen molar-refractivity contribution >= 4 is 24.0 Å². The van der Waals surface area contributed by atoms with Gasteiger partial charge in [-0.2, -0.15) is 0 Å². The van der Waals surface area contributed by atoms with Crippen LogP contribution in [0.3, 0.4) is 0 Å². The number of carboxylic acid groups (broad SMARTS) is 1. The molecule has 4 unspecified atom stereocenters. The molecule has 14 heteroatoms. The van der Waals surface area contributed by atoms with E-state index in [9.17, 15) is 24.3 Å². The fraction of sp³-hybridized carbons (Fsp3) is 0.415. The van der Waals surface area contributed by atoms with E-state index < -0.39 is 24.3 Å². The first-order chi connectivity index (χ1) is 26.4. The van der Waals surface area contributed by atoms with Crippen LogP contribution >= 0.6 is 0 Å². The van der Waals surface area contributed by atoms with E-state index in [1.54, 1.807) is 22.2 Å². The van der Waals surface area contributed by atoms with E-state index in [2.05, 4.69) is 42.4 Å². The fourth-order valence-corrected chi connectivity index (χ4v) is 7.28. The summed E-state index contributed by atoms with van der Waals surface area (Å²) in [5, 5.41) is 14.3. The zero-order chi connectivity index (χ0) is 39.2. The van der Waals surface area contributed by atoms with Gasteiger partial charge in [-0.1, -0.05) is 70.0 Å². The number of H-pyrrole nitrogens is 2. The number of rotatable bonds is 10. The van der Waals surface area contributed by atoms with Crippen LogP contribution in [0.15, 0.2) is 60.9 Å². The number of hydrogen-bond donors (Lipinski definition) is 5. The quantitative estimate of drug-likeness (QED) is 0.125. The molecule has 14 nitrogen and oxygen atoms in total. The van der Waals surface area contributed by atoms with Gasteiger partial charge in [-0.3, -0.25) is 9.59 Å². The predicted octanol–water partition coefficient (Wildman–Crippen LogP) is 5.87. The van der Waals surface area contributed by atoms with E-state index in [1.807, 2.05) is 76.2 Å². The van der Waals surface area contributed by atoms with Crippen molar-refractivity contribution in [3.63, 3.8) is 0 Å². The lowest BCUT2D eigenvalue weighted by atomic mass is 10.0. The van der Waals surface area contributed by atoms with Gasteiger partial charge in [0.1, 0.15) is 29.4 Å². The third-order valence-electron chi connectivity index (χ3n) is 10.3. The van der Waals surface area contributed by atoms with Gasteiger partial charge in [0.2, 0.25) is 11.8 Å². The summed E-state index contributed by atoms with van der Waals surface area (Å²) in [4.78, 5) is 69.4. The second-order valence-corrected chi connectivity index (χ2v) is 14.7. The van der Waals surface area contributed by atoms with Crippen LogP contribution in [-0.4, -0.2) is 91.1 Å². The maximum atomic E-state index is 13.4. The molecule has 0 radical (unpaired) electrons. The maximum Gasteiger partial charge on any atom is 0.407 e. The van der Waals surface area contributed by atoms with Gasteiger partial charge in [-0.25, -0.2) is 19.6 Å². The van der Waals surface area contributed by atoms with E-state index in [-0.39, 0.29) is 35.7 Å². The molecule has 2 aromatic heterocycles. The van der Waals surface area contributed by atoms with Crippen LogP contribution in [0, 0.1) is 23.7 Å². The molecule has 2 fully saturated rings. The van der Waals surface area contributed by atoms with Crippen LogP contribution < -0.4 is 10.6 Å². The first-order valence-electron chi connectivity index (χ1n) is 18.7. The standard InChI is InChI=1S/C41H48N8O6/c1-24(2)34(46-40(52)53)38(50)49-21-7-9-33(49)37-43-23-31(45-37)29-17-15-28(16-18-29)27-13-10-26(11-14-27)12-19-30-22-42-36(44-30)32-8-6-20-48(32)39(51)35(25(3)4)47-41(54)55-5/h10-11,13-18,22-25,32-35,46H,6-9,20-21H2,1-5H3,(H,42,44)(H,43,45)(H,47,54)(H,52,53). The van der Waals surface area contributed by atoms with Gasteiger partial charge < -0.3 is 40.2 Å². The highest BCUT2D eigenvalue weighted by atomic mass is 16.5. The van der Waals surface area contributed by atoms with Gasteiger partial charge in [0.05, 0.1) is 37.3 Å². The molecule has 2 aliphatic heterocycles. The number of amides is 4. The van der Waals surface area contributed by atoms with Crippen LogP contribution in [0.4, 0.5) is 9.59 Å². The van der Waals surface area contributed by atoms with Crippen molar-refractivity contribution in [3.05, 3.63) is 83.8 Å². The molecule has 288 valence electrons. The van der Waals surface area contributed by atoms with Gasteiger partial charge in [0.25, 0.3) is 0 Å². The highest BCUT2D eigenvalue weighted by Crippen LogP contribution is 2.34. The van der Waals surface area contributed by atoms with Crippen LogP contribution in [0.25, 0.3) is 22.4 Å². The van der Waals surface area contributed by atoms with Crippen molar-refractivity contribution in [1.82, 2.24) is 40.4 Å². The molecule has 0 saturated carbocycles. The largest absolute Gasteiger partial charge is 0.465 e. The minimum absolute atomic E-state index is 0.113. The Kier molecular flexibility index (Phi) is 11.9. The van der Waals surface area contributed by atoms with Crippen molar-refractivity contribution < 1.29 is 29.0 Å². The summed E-state index contributed by atoms with van der Waals surface area (Å²) in [5.41, 5.74) is 5.34. The third-order valence-corrected chi connectivity index (χ3v) is 10.3. The summed E-state index contributed by atoms with van der Waals surface area (Å²) in [6.45, 7) is 8.56. The average Bonchev–Trinajstić information content (AvgIpc) is 4.01. The van der Waals surface area contributed by atoms with E-state index >= 15 is 0 Å². The highest BCUT2D eigenvalue weighted by molar-refractivity contribution is 5.87. The highest BCUT2D eigenvalue weighted by Gasteiger charge is 2.38. The monoisotopic (exact) mass is 748 g/mol. The molecule has 4 amide bonds. The van der Waals surface area contributed by atoms with E-state index in [0.29, 0.717) is 30.4 Å². The molecule has 4 heterocycles. The summed E-state index contributed by atoms with van der Waals surface area (Å²) >= 11 is 0. The number of aromatic nitrogens is 4. The number of methoxy groups -OCH3 is 1. The molecular formula is C41H48N8O6. The SMILES string of the molecule is COC(=O)NC(C(=O)N1CCCC1c1ncc(C#Cc2ccc(-c3ccc(-c4cnc(C5CCCN5C(=O)C(NC(=O)O)C(C)C)[nH]4)cc3)cc2)[nH]1)C(C)C. The molecule has 55 heavy (non-hydrogen) atoms. The average molecular weight is 749 g/mol. The molecule has 6 rings (SSSR count). The summed E-state index contributed by atoms with van der Waals surface area (Å²) in [6.07, 6.45) is 4.76. The molecule has 2 aromatic carbocycles. The summed E-state index contributed by atoms with van der Waals surface area (Å²) in [5.74, 6) is 7.01. The first kappa shape index (κ1) is 38.6. The van der Waals surface area contributed by atoms with Crippen LogP contribution in [-0.2, 0) is 14.3 Å². The number of alkyl carbamates (subject to hydrolysis) is 1. The van der Waals surface area contributed by atoms with Gasteiger partial charge in [0.15, 0.2) is 0 Å². The van der Waals surface area contributed by atoms with Gasteiger partial charge in [0, 0.05) is 18.7 Å². The number of nitrogens with zero attached hydrogens (tertiary/aromatic N) is 4. The number of imidazole rings is 2. The second-order valence-electron chi connectivity index (χ2n) is 14.7. The molecule has 0 aliphatic carbocycles. The Balaban J connectivity index is 1.08. The topological polar surface area (TPSA) is 186 Å². The lowest BCUT2D eigenvalue weighted by Crippen LogP contribution is -2.51. The number of carbonyl (C=O) groups excluding carboxylic acids is 3. The summed E-state index contributed by atoms with van der Waals surface area (Å²) in [7, 11) is 1.28. The van der Waals surface area contributed by atoms with Crippen molar-refractivity contribution in [2.75, 3.05) is 20.2 Å². The Labute approximate surface area is 320 Å². The van der Waals surface area contributed by atoms with E-state index in [0.717, 1.165) is 53.6 Å². The van der Waals surface area contributed by atoms with Crippen molar-refractivity contribution in [2.24, 2.45) is 11.8 Å². The number of aromatic amines is 2. The zero-order valence-corrected chi connectivity index (χ0v) is 31.8. The van der Waals surface area contributed by atoms with Crippen molar-refractivity contribution in [1.29, 1.82) is 0 Å². The molecule has 4 aromatic rings. The molecule has 2 saturated heterocycles. The minimum atomic E-state index is -1.21. The Morgan fingerprint density at radius 3 is 1.80 bits per heavy atom. The fourth-order valence-electron chi connectivity index (χ4n) is 7.28. The van der Waals surface area contributed by atoms with Gasteiger partial charge in [-0.05, 0) is 72.3 Å². The second kappa shape index (κ2) is 16.9. The smallest absolute Gasteiger partial charge is 0.407 e. The molecule has 2 aliphatic rings. The number of carbonyl (C=O) groups is 4. The van der Waals surface area contributed by atoms with E-state index in [4.69, 9.17) is 4.74 Å². The Morgan fingerprint density at radius 1 is 0.745 bits per heavy atom. The third kappa shape index (κ3) is 8.83. The Hall–Kier alpha value is -6.10. The normalized spacial score (nSPS) is 17.8. The summed E-state index contributed by atoms with van der Waals surface area (Å²) < 4.78 is 4.73. The number of benzene rings is 2. The molecule has 5 N–H and O–H groups in total. The molecule has 4 atom stereocenters. The lowest BCUT2D eigenvalue weighted by Gasteiger charge is -2.29. The van der Waals surface area contributed by atoms with Gasteiger partial charge in [-0.15, -0.1) is 0 Å². The zero-order valence-electron chi connectivity index (χ0n) is 31.8. The molecule has 0 spiro atoms. The number of likely N-dealkylation sites (tertiary alicyclic amines) is 2. The first-order valence-corrected chi connectivity index (χ1v) is 18.7. The number of nitrogens with one attached hydrogen (secondary N) is 4. The van der Waals surface area contributed by atoms with Crippen LogP contribution in [0.2, 0.25) is 0 Å². The molecular weight excluding hydrogens is 701 g/mol. The Morgan fingerprint density at radius 2 is 1.25 bits per heavy atom. The summed E-state index contributed by atoms with van der Waals surface area (Å²) in [6, 6.07) is 14.1. The van der Waals surface area contributed by atoms with E-state index in [1.165, 1.54) is 7.11 Å². The maximum absolute atomic E-state index is 13.4. The lowest BCUT2D eigenvalue weighted by molar-refractivity contribution is -0.136. The van der Waals surface area contributed by atoms with Crippen molar-refractivity contribution in [3.8, 4) is 34.2 Å². The van der Waals surface area contributed by atoms with Crippen molar-refractivity contribution in [2.45, 2.75) is 77.5 Å². The van der Waals surface area contributed by atoms with Gasteiger partial charge >= 0.3 is 12.2 Å². The minimum Gasteiger partial charge on any atom is -0.465 e. The number of ether oxygens (including phenoxy) is 1. The predicted molar refractivity (Wildman–Crippen MR) is 205 cm³/mol. The number of hydrogen-bond acceptors (Lipinski definition) is 7. The molecule has 0 bridgehead atoms. The Bertz CT molecular complexity index is 2060. The van der Waals surface area contributed by atoms with Crippen LogP contribution in [0.1, 0.15) is 88.4 Å².